The van der Waals surface area contributed by atoms with Crippen molar-refractivity contribution in [2.24, 2.45) is 11.8 Å². The Kier molecular flexibility index (Phi) is 5.06. The Hall–Kier alpha value is -1.02. The van der Waals surface area contributed by atoms with Gasteiger partial charge in [-0.05, 0) is 49.8 Å². The fourth-order valence-corrected chi connectivity index (χ4v) is 2.46. The molecule has 0 aromatic heterocycles. The molecule has 0 unspecified atom stereocenters. The molecule has 1 aromatic carbocycles. The van der Waals surface area contributed by atoms with Crippen molar-refractivity contribution in [1.29, 1.82) is 0 Å². The van der Waals surface area contributed by atoms with Gasteiger partial charge in [0, 0.05) is 6.04 Å². The molecule has 0 spiro atoms. The molecule has 2 nitrogen and oxygen atoms in total. The minimum atomic E-state index is 0.758. The molecule has 0 atom stereocenters. The first-order chi connectivity index (χ1) is 8.75. The fourth-order valence-electron chi connectivity index (χ4n) is 2.46. The Bertz CT molecular complexity index is 330. The van der Waals surface area contributed by atoms with Gasteiger partial charge in [0.2, 0.25) is 0 Å². The van der Waals surface area contributed by atoms with Gasteiger partial charge in [0.1, 0.15) is 5.75 Å². The fraction of sp³-hybridized carbons (Fsp3) is 0.625. The van der Waals surface area contributed by atoms with Gasteiger partial charge in [-0.1, -0.05) is 32.0 Å². The van der Waals surface area contributed by atoms with Gasteiger partial charge in [0.05, 0.1) is 6.61 Å². The number of hydrogen-bond donors (Lipinski definition) is 1. The Labute approximate surface area is 111 Å². The van der Waals surface area contributed by atoms with Crippen LogP contribution in [0.2, 0.25) is 0 Å². The van der Waals surface area contributed by atoms with Crippen LogP contribution in [0.1, 0.15) is 33.1 Å². The van der Waals surface area contributed by atoms with E-state index in [0.29, 0.717) is 0 Å². The molecular weight excluding hydrogens is 222 g/mol. The first kappa shape index (κ1) is 13.4. The maximum absolute atomic E-state index is 5.66. The van der Waals surface area contributed by atoms with Gasteiger partial charge in [0.15, 0.2) is 0 Å². The Morgan fingerprint density at radius 3 is 2.61 bits per heavy atom. The molecule has 1 fully saturated rings. The van der Waals surface area contributed by atoms with E-state index in [4.69, 9.17) is 4.74 Å². The quantitative estimate of drug-likeness (QED) is 0.745. The van der Waals surface area contributed by atoms with E-state index < -0.39 is 0 Å². The number of hydrogen-bond acceptors (Lipinski definition) is 2. The third-order valence-corrected chi connectivity index (χ3v) is 3.88. The summed E-state index contributed by atoms with van der Waals surface area (Å²) in [5.41, 5.74) is 0. The standard InChI is InChI=1S/C16H25NO/c1-13(2)14-11-15(12-14)17-9-6-10-18-16-7-4-3-5-8-16/h3-5,7-8,13-15,17H,6,9-12H2,1-2H3. The van der Waals surface area contributed by atoms with Crippen molar-refractivity contribution in [2.45, 2.75) is 39.2 Å². The molecule has 0 amide bonds. The van der Waals surface area contributed by atoms with Crippen molar-refractivity contribution < 1.29 is 4.74 Å². The van der Waals surface area contributed by atoms with E-state index in [-0.39, 0.29) is 0 Å². The predicted octanol–water partition coefficient (Wildman–Crippen LogP) is 3.48. The van der Waals surface area contributed by atoms with Crippen molar-refractivity contribution in [2.75, 3.05) is 13.2 Å². The van der Waals surface area contributed by atoms with E-state index in [1.807, 2.05) is 30.3 Å². The van der Waals surface area contributed by atoms with Crippen LogP contribution in [-0.4, -0.2) is 19.2 Å². The van der Waals surface area contributed by atoms with E-state index in [1.165, 1.54) is 12.8 Å². The van der Waals surface area contributed by atoms with Crippen LogP contribution in [0, 0.1) is 11.8 Å². The summed E-state index contributed by atoms with van der Waals surface area (Å²) in [7, 11) is 0. The lowest BCUT2D eigenvalue weighted by atomic mass is 9.74. The average Bonchev–Trinajstić information content (AvgIpc) is 2.32. The molecule has 100 valence electrons. The molecule has 18 heavy (non-hydrogen) atoms. The maximum atomic E-state index is 5.66. The van der Waals surface area contributed by atoms with E-state index >= 15 is 0 Å². The third kappa shape index (κ3) is 4.02. The van der Waals surface area contributed by atoms with Gasteiger partial charge in [-0.15, -0.1) is 0 Å². The summed E-state index contributed by atoms with van der Waals surface area (Å²) in [6.07, 6.45) is 3.80. The predicted molar refractivity (Wildman–Crippen MR) is 75.9 cm³/mol. The molecule has 1 N–H and O–H groups in total. The largest absolute Gasteiger partial charge is 0.494 e. The number of nitrogens with one attached hydrogen (secondary N) is 1. The van der Waals surface area contributed by atoms with E-state index in [2.05, 4.69) is 19.2 Å². The van der Waals surface area contributed by atoms with E-state index in [1.54, 1.807) is 0 Å². The molecular formula is C16H25NO. The molecule has 0 bridgehead atoms. The van der Waals surface area contributed by atoms with Gasteiger partial charge in [0.25, 0.3) is 0 Å². The van der Waals surface area contributed by atoms with Crippen LogP contribution in [0.25, 0.3) is 0 Å². The number of benzene rings is 1. The molecule has 0 aliphatic heterocycles. The minimum Gasteiger partial charge on any atom is -0.494 e. The second-order valence-corrected chi connectivity index (χ2v) is 5.64. The van der Waals surface area contributed by atoms with Crippen LogP contribution in [-0.2, 0) is 0 Å². The zero-order valence-corrected chi connectivity index (χ0v) is 11.6. The molecule has 0 heterocycles. The molecule has 1 aliphatic carbocycles. The number of ether oxygens (including phenoxy) is 1. The lowest BCUT2D eigenvalue weighted by molar-refractivity contribution is 0.166. The molecule has 1 aromatic rings. The third-order valence-electron chi connectivity index (χ3n) is 3.88. The molecule has 0 radical (unpaired) electrons. The minimum absolute atomic E-state index is 0.758. The number of para-hydroxylation sites is 1. The van der Waals surface area contributed by atoms with Crippen LogP contribution in [0.15, 0.2) is 30.3 Å². The van der Waals surface area contributed by atoms with Crippen LogP contribution in [0.5, 0.6) is 5.75 Å². The SMILES string of the molecule is CC(C)C1CC(NCCCOc2ccccc2)C1. The zero-order valence-electron chi connectivity index (χ0n) is 11.6. The second-order valence-electron chi connectivity index (χ2n) is 5.64. The van der Waals surface area contributed by atoms with Crippen molar-refractivity contribution in [1.82, 2.24) is 5.32 Å². The molecule has 1 saturated carbocycles. The van der Waals surface area contributed by atoms with Crippen LogP contribution >= 0.6 is 0 Å². The summed E-state index contributed by atoms with van der Waals surface area (Å²) in [4.78, 5) is 0. The van der Waals surface area contributed by atoms with Crippen molar-refractivity contribution in [3.63, 3.8) is 0 Å². The number of rotatable bonds is 7. The van der Waals surface area contributed by atoms with Crippen LogP contribution in [0.4, 0.5) is 0 Å². The van der Waals surface area contributed by atoms with Crippen LogP contribution < -0.4 is 10.1 Å². The summed E-state index contributed by atoms with van der Waals surface area (Å²) in [6, 6.07) is 10.8. The summed E-state index contributed by atoms with van der Waals surface area (Å²) < 4.78 is 5.66. The Morgan fingerprint density at radius 1 is 1.22 bits per heavy atom. The van der Waals surface area contributed by atoms with Crippen molar-refractivity contribution in [3.05, 3.63) is 30.3 Å². The highest BCUT2D eigenvalue weighted by Crippen LogP contribution is 2.33. The van der Waals surface area contributed by atoms with Gasteiger partial charge < -0.3 is 10.1 Å². The van der Waals surface area contributed by atoms with Crippen molar-refractivity contribution in [3.8, 4) is 5.75 Å². The normalized spacial score (nSPS) is 22.8. The maximum Gasteiger partial charge on any atom is 0.119 e. The van der Waals surface area contributed by atoms with Gasteiger partial charge >= 0.3 is 0 Å². The second kappa shape index (κ2) is 6.79. The summed E-state index contributed by atoms with van der Waals surface area (Å²) in [5, 5.41) is 3.61. The zero-order chi connectivity index (χ0) is 12.8. The summed E-state index contributed by atoms with van der Waals surface area (Å²) in [5.74, 6) is 2.77. The highest BCUT2D eigenvalue weighted by molar-refractivity contribution is 5.20. The lowest BCUT2D eigenvalue weighted by Gasteiger charge is -2.38. The first-order valence-corrected chi connectivity index (χ1v) is 7.17. The molecule has 0 saturated heterocycles. The topological polar surface area (TPSA) is 21.3 Å². The van der Waals surface area contributed by atoms with E-state index in [9.17, 15) is 0 Å². The van der Waals surface area contributed by atoms with Gasteiger partial charge in [-0.25, -0.2) is 0 Å². The monoisotopic (exact) mass is 247 g/mol. The molecule has 2 rings (SSSR count). The Morgan fingerprint density at radius 2 is 1.94 bits per heavy atom. The lowest BCUT2D eigenvalue weighted by Crippen LogP contribution is -2.43. The van der Waals surface area contributed by atoms with Crippen LogP contribution in [0.3, 0.4) is 0 Å². The summed E-state index contributed by atoms with van der Waals surface area (Å²) >= 11 is 0. The average molecular weight is 247 g/mol. The molecule has 2 heteroatoms. The first-order valence-electron chi connectivity index (χ1n) is 7.17. The van der Waals surface area contributed by atoms with E-state index in [0.717, 1.165) is 43.2 Å². The highest BCUT2D eigenvalue weighted by atomic mass is 16.5. The van der Waals surface area contributed by atoms with Gasteiger partial charge in [-0.3, -0.25) is 0 Å². The highest BCUT2D eigenvalue weighted by Gasteiger charge is 2.30. The van der Waals surface area contributed by atoms with Gasteiger partial charge in [-0.2, -0.15) is 0 Å². The van der Waals surface area contributed by atoms with Crippen molar-refractivity contribution >= 4 is 0 Å². The smallest absolute Gasteiger partial charge is 0.119 e. The Balaban J connectivity index is 1.48. The summed E-state index contributed by atoms with van der Waals surface area (Å²) in [6.45, 7) is 6.53. The molecule has 1 aliphatic rings.